The van der Waals surface area contributed by atoms with Gasteiger partial charge in [0.05, 0.1) is 5.82 Å². The lowest BCUT2D eigenvalue weighted by Crippen LogP contribution is -2.06. The lowest BCUT2D eigenvalue weighted by Gasteiger charge is -2.01. The third-order valence-electron chi connectivity index (χ3n) is 2.30. The van der Waals surface area contributed by atoms with Crippen LogP contribution in [-0.2, 0) is 0 Å². The van der Waals surface area contributed by atoms with E-state index >= 15 is 0 Å². The first-order valence-corrected chi connectivity index (χ1v) is 5.05. The van der Waals surface area contributed by atoms with Gasteiger partial charge in [0.15, 0.2) is 0 Å². The van der Waals surface area contributed by atoms with Crippen LogP contribution in [0.15, 0.2) is 54.4 Å². The summed E-state index contributed by atoms with van der Waals surface area (Å²) in [6.45, 7) is 0. The van der Waals surface area contributed by atoms with Crippen LogP contribution < -0.4 is 11.5 Å². The van der Waals surface area contributed by atoms with Gasteiger partial charge in [-0.15, -0.1) is 0 Å². The fraction of sp³-hybridized carbons (Fsp3) is 0. The molecule has 1 radical (unpaired) electrons. The summed E-state index contributed by atoms with van der Waals surface area (Å²) in [7, 11) is 0. The minimum absolute atomic E-state index is 0.321. The lowest BCUT2D eigenvalue weighted by molar-refractivity contribution is 1.27. The molecular formula is C14H13N2. The van der Waals surface area contributed by atoms with E-state index in [9.17, 15) is 0 Å². The molecule has 79 valence electrons. The second kappa shape index (κ2) is 4.53. The summed E-state index contributed by atoms with van der Waals surface area (Å²) in [5.74, 6) is 0.321. The van der Waals surface area contributed by atoms with E-state index in [2.05, 4.69) is 6.07 Å². The molecule has 0 heterocycles. The average Bonchev–Trinajstić information content (AvgIpc) is 2.30. The first-order valence-electron chi connectivity index (χ1n) is 5.05. The molecule has 0 aliphatic carbocycles. The van der Waals surface area contributed by atoms with Crippen LogP contribution in [0.3, 0.4) is 0 Å². The van der Waals surface area contributed by atoms with Gasteiger partial charge < -0.3 is 11.5 Å². The van der Waals surface area contributed by atoms with E-state index in [4.69, 9.17) is 11.5 Å². The molecule has 2 aromatic rings. The molecule has 0 amide bonds. The number of benzene rings is 2. The van der Waals surface area contributed by atoms with E-state index in [1.54, 1.807) is 6.08 Å². The quantitative estimate of drug-likeness (QED) is 0.797. The molecule has 0 fully saturated rings. The summed E-state index contributed by atoms with van der Waals surface area (Å²) >= 11 is 0. The molecule has 4 N–H and O–H groups in total. The maximum atomic E-state index is 5.41. The van der Waals surface area contributed by atoms with Crippen LogP contribution in [-0.4, -0.2) is 0 Å². The minimum Gasteiger partial charge on any atom is -0.386 e. The third-order valence-corrected chi connectivity index (χ3v) is 2.30. The molecular weight excluding hydrogens is 196 g/mol. The Morgan fingerprint density at radius 3 is 2.00 bits per heavy atom. The lowest BCUT2D eigenvalue weighted by atomic mass is 10.0. The highest BCUT2D eigenvalue weighted by Gasteiger charge is 1.95. The van der Waals surface area contributed by atoms with Gasteiger partial charge in [0, 0.05) is 0 Å². The van der Waals surface area contributed by atoms with Crippen molar-refractivity contribution in [2.24, 2.45) is 11.5 Å². The van der Waals surface area contributed by atoms with Gasteiger partial charge in [-0.2, -0.15) is 0 Å². The van der Waals surface area contributed by atoms with Crippen LogP contribution in [0.4, 0.5) is 0 Å². The topological polar surface area (TPSA) is 52.0 Å². The van der Waals surface area contributed by atoms with Crippen molar-refractivity contribution in [2.75, 3.05) is 0 Å². The average molecular weight is 209 g/mol. The van der Waals surface area contributed by atoms with Crippen molar-refractivity contribution < 1.29 is 0 Å². The van der Waals surface area contributed by atoms with Crippen molar-refractivity contribution in [1.29, 1.82) is 0 Å². The Morgan fingerprint density at radius 1 is 0.875 bits per heavy atom. The van der Waals surface area contributed by atoms with Crippen LogP contribution in [0, 0.1) is 6.07 Å². The summed E-state index contributed by atoms with van der Waals surface area (Å²) < 4.78 is 0. The van der Waals surface area contributed by atoms with Crippen molar-refractivity contribution in [2.45, 2.75) is 0 Å². The Hall–Kier alpha value is -2.22. The molecule has 0 aliphatic rings. The molecule has 0 atom stereocenters. The molecule has 0 aliphatic heterocycles. The standard InChI is InChI=1S/C14H13N2/c15-14(16)10-11-6-8-13(9-7-11)12-4-2-1-3-5-12/h2-10H,15-16H2. The first-order chi connectivity index (χ1) is 7.75. The second-order valence-electron chi connectivity index (χ2n) is 3.56. The fourth-order valence-corrected chi connectivity index (χ4v) is 1.54. The Balaban J connectivity index is 2.30. The summed E-state index contributed by atoms with van der Waals surface area (Å²) in [5.41, 5.74) is 14.2. The second-order valence-corrected chi connectivity index (χ2v) is 3.56. The van der Waals surface area contributed by atoms with Crippen molar-refractivity contribution in [3.05, 3.63) is 66.0 Å². The number of hydrogen-bond acceptors (Lipinski definition) is 2. The summed E-state index contributed by atoms with van der Waals surface area (Å²) in [4.78, 5) is 0. The van der Waals surface area contributed by atoms with Crippen LogP contribution in [0.2, 0.25) is 0 Å². The molecule has 2 nitrogen and oxygen atoms in total. The maximum Gasteiger partial charge on any atom is 0.0939 e. The van der Waals surface area contributed by atoms with Gasteiger partial charge in [0.2, 0.25) is 0 Å². The molecule has 16 heavy (non-hydrogen) atoms. The highest BCUT2D eigenvalue weighted by atomic mass is 14.8. The monoisotopic (exact) mass is 209 g/mol. The van der Waals surface area contributed by atoms with Crippen molar-refractivity contribution >= 4 is 6.08 Å². The Labute approximate surface area is 95.2 Å². The van der Waals surface area contributed by atoms with Crippen LogP contribution in [0.1, 0.15) is 5.56 Å². The molecule has 0 saturated carbocycles. The van der Waals surface area contributed by atoms with E-state index in [-0.39, 0.29) is 0 Å². The van der Waals surface area contributed by atoms with Crippen molar-refractivity contribution in [3.8, 4) is 11.1 Å². The molecule has 2 heteroatoms. The van der Waals surface area contributed by atoms with Crippen LogP contribution in [0.25, 0.3) is 17.2 Å². The molecule has 2 rings (SSSR count). The van der Waals surface area contributed by atoms with E-state index in [0.717, 1.165) is 5.56 Å². The van der Waals surface area contributed by atoms with Crippen molar-refractivity contribution in [3.63, 3.8) is 0 Å². The Kier molecular flexibility index (Phi) is 2.92. The Bertz CT molecular complexity index is 480. The zero-order valence-electron chi connectivity index (χ0n) is 8.85. The predicted molar refractivity (Wildman–Crippen MR) is 67.1 cm³/mol. The van der Waals surface area contributed by atoms with Gasteiger partial charge in [0.1, 0.15) is 0 Å². The molecule has 0 aromatic heterocycles. The van der Waals surface area contributed by atoms with Crippen molar-refractivity contribution in [1.82, 2.24) is 0 Å². The van der Waals surface area contributed by atoms with Gasteiger partial charge in [-0.05, 0) is 28.8 Å². The van der Waals surface area contributed by atoms with Crippen LogP contribution >= 0.6 is 0 Å². The smallest absolute Gasteiger partial charge is 0.0939 e. The van der Waals surface area contributed by atoms with Gasteiger partial charge in [-0.3, -0.25) is 0 Å². The van der Waals surface area contributed by atoms with Gasteiger partial charge in [-0.1, -0.05) is 48.5 Å². The van der Waals surface area contributed by atoms with Gasteiger partial charge in [-0.25, -0.2) is 0 Å². The number of nitrogens with two attached hydrogens (primary N) is 2. The number of rotatable bonds is 2. The normalized spacial score (nSPS) is 9.75. The highest BCUT2D eigenvalue weighted by Crippen LogP contribution is 2.19. The number of hydrogen-bond donors (Lipinski definition) is 2. The Morgan fingerprint density at radius 2 is 1.44 bits per heavy atom. The molecule has 0 saturated heterocycles. The fourth-order valence-electron chi connectivity index (χ4n) is 1.54. The zero-order chi connectivity index (χ0) is 11.4. The predicted octanol–water partition coefficient (Wildman–Crippen LogP) is 2.37. The van der Waals surface area contributed by atoms with E-state index < -0.39 is 0 Å². The van der Waals surface area contributed by atoms with Gasteiger partial charge in [0.25, 0.3) is 0 Å². The molecule has 2 aromatic carbocycles. The summed E-state index contributed by atoms with van der Waals surface area (Å²) in [6, 6.07) is 18.9. The third kappa shape index (κ3) is 2.42. The minimum atomic E-state index is 0.321. The molecule has 0 unspecified atom stereocenters. The summed E-state index contributed by atoms with van der Waals surface area (Å²) in [6.07, 6.45) is 1.74. The van der Waals surface area contributed by atoms with E-state index in [1.807, 2.05) is 48.5 Å². The van der Waals surface area contributed by atoms with Gasteiger partial charge >= 0.3 is 0 Å². The first kappa shape index (κ1) is 10.3. The molecule has 0 spiro atoms. The molecule has 0 bridgehead atoms. The zero-order valence-corrected chi connectivity index (χ0v) is 8.85. The van der Waals surface area contributed by atoms with E-state index in [0.29, 0.717) is 5.82 Å². The maximum absolute atomic E-state index is 5.41. The largest absolute Gasteiger partial charge is 0.386 e. The van der Waals surface area contributed by atoms with Crippen LogP contribution in [0.5, 0.6) is 0 Å². The van der Waals surface area contributed by atoms with E-state index in [1.165, 1.54) is 11.1 Å². The highest BCUT2D eigenvalue weighted by molar-refractivity contribution is 5.65. The summed E-state index contributed by atoms with van der Waals surface area (Å²) in [5, 5.41) is 0. The SMILES string of the molecule is NC(N)=Cc1ccc(-c2cc[c]cc2)cc1.